The van der Waals surface area contributed by atoms with Gasteiger partial charge in [0.2, 0.25) is 5.28 Å². The van der Waals surface area contributed by atoms with Gasteiger partial charge in [0.25, 0.3) is 0 Å². The van der Waals surface area contributed by atoms with E-state index < -0.39 is 28.9 Å². The molecule has 6 nitrogen and oxygen atoms in total. The monoisotopic (exact) mass is 490 g/mol. The molecule has 0 saturated carbocycles. The van der Waals surface area contributed by atoms with E-state index in [0.717, 1.165) is 6.42 Å². The number of nitrogens with one attached hydrogen (secondary N) is 1. The lowest BCUT2D eigenvalue weighted by Crippen LogP contribution is -2.57. The van der Waals surface area contributed by atoms with E-state index in [1.807, 2.05) is 11.8 Å². The number of hydrogen-bond acceptors (Lipinski definition) is 5. The Bertz CT molecular complexity index is 970. The van der Waals surface area contributed by atoms with Crippen molar-refractivity contribution < 1.29 is 18.3 Å². The lowest BCUT2D eigenvalue weighted by molar-refractivity contribution is 0.0454. The fourth-order valence-electron chi connectivity index (χ4n) is 3.44. The molecule has 1 aromatic carbocycles. The normalized spacial score (nSPS) is 20.1. The van der Waals surface area contributed by atoms with Crippen LogP contribution in [-0.4, -0.2) is 40.3 Å². The van der Waals surface area contributed by atoms with Crippen LogP contribution in [0.25, 0.3) is 10.9 Å². The second-order valence-corrected chi connectivity index (χ2v) is 9.54. The molecule has 10 heteroatoms. The number of anilines is 1. The highest BCUT2D eigenvalue weighted by atomic mass is 79.9. The number of fused-ring (bicyclic) bond motifs is 1. The van der Waals surface area contributed by atoms with Crippen LogP contribution in [0.4, 0.5) is 19.4 Å². The summed E-state index contributed by atoms with van der Waals surface area (Å²) < 4.78 is 33.8. The van der Waals surface area contributed by atoms with E-state index in [4.69, 9.17) is 16.3 Å². The van der Waals surface area contributed by atoms with Gasteiger partial charge >= 0.3 is 6.09 Å². The largest absolute Gasteiger partial charge is 0.444 e. The van der Waals surface area contributed by atoms with Gasteiger partial charge in [-0.3, -0.25) is 0 Å². The molecule has 0 spiro atoms. The first-order valence-electron chi connectivity index (χ1n) is 9.15. The van der Waals surface area contributed by atoms with E-state index in [9.17, 15) is 13.6 Å². The van der Waals surface area contributed by atoms with Crippen molar-refractivity contribution in [3.05, 3.63) is 27.5 Å². The second-order valence-electron chi connectivity index (χ2n) is 8.41. The van der Waals surface area contributed by atoms with E-state index in [-0.39, 0.29) is 20.7 Å². The smallest absolute Gasteiger partial charge is 0.408 e. The number of carbonyl (C=O) groups is 1. The number of aromatic nitrogens is 2. The molecule has 3 rings (SSSR count). The quantitative estimate of drug-likeness (QED) is 0.461. The number of benzene rings is 1. The number of amides is 1. The summed E-state index contributed by atoms with van der Waals surface area (Å²) in [5.41, 5.74) is -1.30. The number of piperidine rings is 1. The van der Waals surface area contributed by atoms with Crippen molar-refractivity contribution in [1.82, 2.24) is 15.3 Å². The molecule has 1 amide bonds. The highest BCUT2D eigenvalue weighted by molar-refractivity contribution is 9.10. The Morgan fingerprint density at radius 2 is 2.07 bits per heavy atom. The molecule has 1 N–H and O–H groups in total. The van der Waals surface area contributed by atoms with Crippen LogP contribution in [0.1, 0.15) is 40.5 Å². The van der Waals surface area contributed by atoms with Crippen molar-refractivity contribution in [2.24, 2.45) is 0 Å². The number of alkyl carbamates (subject to hydrolysis) is 1. The van der Waals surface area contributed by atoms with E-state index >= 15 is 0 Å². The molecule has 1 saturated heterocycles. The summed E-state index contributed by atoms with van der Waals surface area (Å²) in [5.74, 6) is -1.27. The fourth-order valence-corrected chi connectivity index (χ4v) is 3.91. The second kappa shape index (κ2) is 7.83. The topological polar surface area (TPSA) is 67.3 Å². The molecule has 2 aromatic rings. The maximum absolute atomic E-state index is 14.5. The zero-order valence-corrected chi connectivity index (χ0v) is 18.9. The molecule has 29 heavy (non-hydrogen) atoms. The van der Waals surface area contributed by atoms with Crippen molar-refractivity contribution in [3.8, 4) is 0 Å². The first kappa shape index (κ1) is 22.0. The van der Waals surface area contributed by atoms with Crippen LogP contribution in [0.15, 0.2) is 10.5 Å². The molecule has 2 heterocycles. The van der Waals surface area contributed by atoms with Crippen molar-refractivity contribution in [2.75, 3.05) is 18.0 Å². The van der Waals surface area contributed by atoms with Gasteiger partial charge in [0.05, 0.1) is 10.0 Å². The highest BCUT2D eigenvalue weighted by Gasteiger charge is 2.35. The van der Waals surface area contributed by atoms with E-state index in [2.05, 4.69) is 31.2 Å². The zero-order valence-electron chi connectivity index (χ0n) is 16.6. The SMILES string of the molecule is CC1(NC(=O)OC(C)(C)C)CCCN(c2nc(Cl)nc3c(F)c(Br)c(F)cc23)C1. The molecule has 1 aromatic heterocycles. The van der Waals surface area contributed by atoms with Gasteiger partial charge in [0.1, 0.15) is 22.8 Å². The van der Waals surface area contributed by atoms with Crippen molar-refractivity contribution in [1.29, 1.82) is 0 Å². The molecule has 1 fully saturated rings. The summed E-state index contributed by atoms with van der Waals surface area (Å²) >= 11 is 8.91. The van der Waals surface area contributed by atoms with Crippen LogP contribution in [-0.2, 0) is 4.74 Å². The van der Waals surface area contributed by atoms with Gasteiger partial charge in [-0.25, -0.2) is 18.6 Å². The van der Waals surface area contributed by atoms with E-state index in [1.54, 1.807) is 20.8 Å². The maximum Gasteiger partial charge on any atom is 0.408 e. The molecular formula is C19H22BrClF2N4O2. The predicted molar refractivity (Wildman–Crippen MR) is 111 cm³/mol. The summed E-state index contributed by atoms with van der Waals surface area (Å²) in [4.78, 5) is 22.3. The summed E-state index contributed by atoms with van der Waals surface area (Å²) in [6.45, 7) is 8.22. The molecule has 1 aliphatic heterocycles. The van der Waals surface area contributed by atoms with Gasteiger partial charge in [-0.05, 0) is 74.1 Å². The first-order chi connectivity index (χ1) is 13.4. The Morgan fingerprint density at radius 3 is 2.72 bits per heavy atom. The first-order valence-corrected chi connectivity index (χ1v) is 10.3. The standard InChI is InChI=1S/C19H22BrClF2N4O2/c1-18(2,3)29-17(28)26-19(4)6-5-7-27(9-19)15-10-8-11(22)12(20)13(23)14(10)24-16(21)25-15/h8H,5-7,9H2,1-4H3,(H,26,28). The lowest BCUT2D eigenvalue weighted by atomic mass is 9.91. The van der Waals surface area contributed by atoms with Crippen LogP contribution in [0.3, 0.4) is 0 Å². The van der Waals surface area contributed by atoms with Gasteiger partial charge in [0.15, 0.2) is 5.82 Å². The van der Waals surface area contributed by atoms with Crippen LogP contribution < -0.4 is 10.2 Å². The van der Waals surface area contributed by atoms with Gasteiger partial charge < -0.3 is 15.0 Å². The van der Waals surface area contributed by atoms with Gasteiger partial charge in [-0.1, -0.05) is 0 Å². The Hall–Kier alpha value is -1.74. The molecule has 158 valence electrons. The number of rotatable bonds is 2. The number of nitrogens with zero attached hydrogens (tertiary/aromatic N) is 3. The molecule has 0 bridgehead atoms. The van der Waals surface area contributed by atoms with E-state index in [1.165, 1.54) is 6.07 Å². The van der Waals surface area contributed by atoms with Gasteiger partial charge in [-0.15, -0.1) is 0 Å². The average Bonchev–Trinajstić information content (AvgIpc) is 2.58. The Labute approximate surface area is 181 Å². The Kier molecular flexibility index (Phi) is 5.93. The Balaban J connectivity index is 1.95. The zero-order chi connectivity index (χ0) is 21.6. The number of hydrogen-bond donors (Lipinski definition) is 1. The molecular weight excluding hydrogens is 470 g/mol. The number of carbonyl (C=O) groups excluding carboxylic acids is 1. The molecule has 1 atom stereocenters. The fraction of sp³-hybridized carbons (Fsp3) is 0.526. The molecule has 1 aliphatic rings. The van der Waals surface area contributed by atoms with Crippen molar-refractivity contribution >= 4 is 50.3 Å². The van der Waals surface area contributed by atoms with E-state index in [0.29, 0.717) is 25.3 Å². The van der Waals surface area contributed by atoms with Gasteiger partial charge in [-0.2, -0.15) is 4.98 Å². The summed E-state index contributed by atoms with van der Waals surface area (Å²) in [6.07, 6.45) is 0.929. The highest BCUT2D eigenvalue weighted by Crippen LogP contribution is 2.35. The van der Waals surface area contributed by atoms with Crippen LogP contribution in [0, 0.1) is 11.6 Å². The lowest BCUT2D eigenvalue weighted by Gasteiger charge is -2.41. The summed E-state index contributed by atoms with van der Waals surface area (Å²) in [6, 6.07) is 1.18. The van der Waals surface area contributed by atoms with Crippen LogP contribution in [0.5, 0.6) is 0 Å². The third kappa shape index (κ3) is 4.88. The number of ether oxygens (including phenoxy) is 1. The van der Waals surface area contributed by atoms with Gasteiger partial charge in [0, 0.05) is 18.5 Å². The minimum absolute atomic E-state index is 0.0688. The third-order valence-electron chi connectivity index (χ3n) is 4.58. The number of halogens is 4. The minimum Gasteiger partial charge on any atom is -0.444 e. The minimum atomic E-state index is -0.836. The van der Waals surface area contributed by atoms with Crippen molar-refractivity contribution in [3.63, 3.8) is 0 Å². The predicted octanol–water partition coefficient (Wildman–Crippen LogP) is 5.21. The molecule has 0 aliphatic carbocycles. The molecule has 1 unspecified atom stereocenters. The maximum atomic E-state index is 14.5. The molecule has 0 radical (unpaired) electrons. The average molecular weight is 492 g/mol. The summed E-state index contributed by atoms with van der Waals surface area (Å²) in [5, 5.41) is 2.99. The third-order valence-corrected chi connectivity index (χ3v) is 5.47. The summed E-state index contributed by atoms with van der Waals surface area (Å²) in [7, 11) is 0. The Morgan fingerprint density at radius 1 is 1.38 bits per heavy atom. The van der Waals surface area contributed by atoms with Crippen molar-refractivity contribution in [2.45, 2.75) is 51.7 Å². The van der Waals surface area contributed by atoms with Crippen LogP contribution in [0.2, 0.25) is 5.28 Å². The van der Waals surface area contributed by atoms with Crippen LogP contribution >= 0.6 is 27.5 Å².